The molecule has 1 unspecified atom stereocenters. The van der Waals surface area contributed by atoms with Crippen LogP contribution in [0.15, 0.2) is 47.8 Å². The molecule has 0 aliphatic heterocycles. The predicted molar refractivity (Wildman–Crippen MR) is 127 cm³/mol. The minimum atomic E-state index is -3.80. The van der Waals surface area contributed by atoms with E-state index in [4.69, 9.17) is 9.88 Å². The Hall–Kier alpha value is -3.48. The molecule has 0 amide bonds. The van der Waals surface area contributed by atoms with Crippen molar-refractivity contribution >= 4 is 20.9 Å². The molecule has 0 aliphatic rings. The molecular weight excluding hydrogens is 458 g/mol. The van der Waals surface area contributed by atoms with Crippen LogP contribution in [0.1, 0.15) is 37.1 Å². The van der Waals surface area contributed by atoms with E-state index in [1.165, 1.54) is 18.0 Å². The normalized spacial score (nSPS) is 13.0. The Balaban J connectivity index is 1.84. The van der Waals surface area contributed by atoms with Crippen LogP contribution < -0.4 is 10.7 Å². The lowest BCUT2D eigenvalue weighted by atomic mass is 10.0. The number of aromatic nitrogens is 6. The molecule has 3 aromatic heterocycles. The van der Waals surface area contributed by atoms with Crippen molar-refractivity contribution < 1.29 is 13.2 Å². The van der Waals surface area contributed by atoms with E-state index in [1.54, 1.807) is 43.6 Å². The third kappa shape index (κ3) is 4.60. The molecule has 11 nitrogen and oxygen atoms in total. The summed E-state index contributed by atoms with van der Waals surface area (Å²) in [4.78, 5) is 22.5. The lowest BCUT2D eigenvalue weighted by Crippen LogP contribution is -2.24. The summed E-state index contributed by atoms with van der Waals surface area (Å²) in [6.07, 6.45) is 2.23. The Morgan fingerprint density at radius 1 is 1.18 bits per heavy atom. The first-order chi connectivity index (χ1) is 16.1. The number of pyridine rings is 1. The van der Waals surface area contributed by atoms with Crippen molar-refractivity contribution in [3.8, 4) is 17.3 Å². The van der Waals surface area contributed by atoms with Crippen LogP contribution >= 0.6 is 0 Å². The van der Waals surface area contributed by atoms with Gasteiger partial charge in [-0.1, -0.05) is 6.07 Å². The Morgan fingerprint density at radius 2 is 1.94 bits per heavy atom. The molecule has 0 aliphatic carbocycles. The molecule has 3 heterocycles. The van der Waals surface area contributed by atoms with Gasteiger partial charge in [0.25, 0.3) is 5.56 Å². The van der Waals surface area contributed by atoms with Gasteiger partial charge in [-0.15, -0.1) is 10.2 Å². The predicted octanol–water partition coefficient (Wildman–Crippen LogP) is 1.90. The fourth-order valence-electron chi connectivity index (χ4n) is 3.78. The lowest BCUT2D eigenvalue weighted by Gasteiger charge is -2.18. The zero-order valence-electron chi connectivity index (χ0n) is 19.2. The van der Waals surface area contributed by atoms with Crippen molar-refractivity contribution in [3.63, 3.8) is 0 Å². The fraction of sp³-hybridized carbons (Fsp3) is 0.318. The molecule has 178 valence electrons. The molecule has 2 N–H and O–H groups in total. The molecular formula is C22H25N7O4S. The van der Waals surface area contributed by atoms with E-state index in [0.29, 0.717) is 33.8 Å². The minimum Gasteiger partial charge on any atom is -0.376 e. The summed E-state index contributed by atoms with van der Waals surface area (Å²) in [7, 11) is -2.40. The summed E-state index contributed by atoms with van der Waals surface area (Å²) in [5.41, 5.74) is 1.97. The molecule has 0 spiro atoms. The molecule has 1 atom stereocenters. The van der Waals surface area contributed by atoms with E-state index < -0.39 is 21.9 Å². The van der Waals surface area contributed by atoms with E-state index in [9.17, 15) is 13.2 Å². The average Bonchev–Trinajstić information content (AvgIpc) is 3.27. The van der Waals surface area contributed by atoms with Gasteiger partial charge in [-0.2, -0.15) is 0 Å². The summed E-state index contributed by atoms with van der Waals surface area (Å²) in [6, 6.07) is 8.73. The molecule has 0 saturated carbocycles. The van der Waals surface area contributed by atoms with Crippen molar-refractivity contribution in [2.75, 3.05) is 12.9 Å². The zero-order valence-corrected chi connectivity index (χ0v) is 20.0. The van der Waals surface area contributed by atoms with Crippen molar-refractivity contribution in [1.82, 2.24) is 29.3 Å². The number of sulfonamides is 1. The summed E-state index contributed by atoms with van der Waals surface area (Å²) >= 11 is 0. The molecule has 1 aromatic carbocycles. The second kappa shape index (κ2) is 9.05. The van der Waals surface area contributed by atoms with Gasteiger partial charge >= 0.3 is 0 Å². The monoisotopic (exact) mass is 483 g/mol. The first-order valence-electron chi connectivity index (χ1n) is 10.5. The molecule has 12 heteroatoms. The number of benzene rings is 1. The maximum absolute atomic E-state index is 13.4. The Labute approximate surface area is 196 Å². The largest absolute Gasteiger partial charge is 0.376 e. The quantitative estimate of drug-likeness (QED) is 0.419. The van der Waals surface area contributed by atoms with Crippen molar-refractivity contribution in [1.29, 1.82) is 0 Å². The highest BCUT2D eigenvalue weighted by atomic mass is 32.2. The van der Waals surface area contributed by atoms with E-state index in [-0.39, 0.29) is 11.6 Å². The van der Waals surface area contributed by atoms with Crippen LogP contribution in [0.5, 0.6) is 0 Å². The van der Waals surface area contributed by atoms with Gasteiger partial charge in [0.05, 0.1) is 22.8 Å². The smallest absolute Gasteiger partial charge is 0.266 e. The van der Waals surface area contributed by atoms with E-state index in [2.05, 4.69) is 20.2 Å². The Kier molecular flexibility index (Phi) is 6.30. The second-order valence-corrected chi connectivity index (χ2v) is 9.90. The number of fused-ring (bicyclic) bond motifs is 1. The molecule has 4 aromatic rings. The van der Waals surface area contributed by atoms with Crippen LogP contribution in [0.2, 0.25) is 0 Å². The third-order valence-corrected chi connectivity index (χ3v) is 6.27. The number of nitrogens with two attached hydrogens (primary N) is 1. The number of hydrogen-bond donors (Lipinski definition) is 1. The summed E-state index contributed by atoms with van der Waals surface area (Å²) in [5, 5.41) is 13.7. The van der Waals surface area contributed by atoms with Crippen LogP contribution in [0.25, 0.3) is 28.2 Å². The molecule has 4 rings (SSSR count). The van der Waals surface area contributed by atoms with Gasteiger partial charge in [0, 0.05) is 13.2 Å². The van der Waals surface area contributed by atoms with Gasteiger partial charge in [-0.3, -0.25) is 9.36 Å². The van der Waals surface area contributed by atoms with Crippen LogP contribution in [-0.2, 0) is 14.8 Å². The third-order valence-electron chi connectivity index (χ3n) is 5.50. The van der Waals surface area contributed by atoms with Gasteiger partial charge in [0.15, 0.2) is 5.82 Å². The van der Waals surface area contributed by atoms with Gasteiger partial charge in [-0.05, 0) is 56.2 Å². The number of ether oxygens (including phenoxy) is 1. The SMILES string of the molecule is COC(CS(N)(=O)=O)c1cc2c(=O)n(-c3cccc(-c4nncn4C(C)C)n3)cnc2cc1C. The topological polar surface area (TPSA) is 148 Å². The highest BCUT2D eigenvalue weighted by Gasteiger charge is 2.21. The lowest BCUT2D eigenvalue weighted by molar-refractivity contribution is 0.121. The van der Waals surface area contributed by atoms with E-state index in [0.717, 1.165) is 5.56 Å². The molecule has 0 radical (unpaired) electrons. The molecule has 0 bridgehead atoms. The Morgan fingerprint density at radius 3 is 2.62 bits per heavy atom. The summed E-state index contributed by atoms with van der Waals surface area (Å²) in [5.74, 6) is 0.539. The number of primary sulfonamides is 1. The zero-order chi connectivity index (χ0) is 24.6. The van der Waals surface area contributed by atoms with Crippen molar-refractivity contribution in [2.24, 2.45) is 5.14 Å². The molecule has 0 fully saturated rings. The van der Waals surface area contributed by atoms with Gasteiger partial charge in [-0.25, -0.2) is 23.5 Å². The van der Waals surface area contributed by atoms with Gasteiger partial charge < -0.3 is 9.30 Å². The molecule has 0 saturated heterocycles. The highest BCUT2D eigenvalue weighted by Crippen LogP contribution is 2.25. The van der Waals surface area contributed by atoms with Gasteiger partial charge in [0.2, 0.25) is 10.0 Å². The van der Waals surface area contributed by atoms with Crippen LogP contribution in [0.4, 0.5) is 0 Å². The Bertz CT molecular complexity index is 1530. The second-order valence-electron chi connectivity index (χ2n) is 8.24. The number of aryl methyl sites for hydroxylation is 1. The summed E-state index contributed by atoms with van der Waals surface area (Å²) in [6.45, 7) is 5.82. The number of methoxy groups -OCH3 is 1. The highest BCUT2D eigenvalue weighted by molar-refractivity contribution is 7.89. The van der Waals surface area contributed by atoms with Crippen LogP contribution in [-0.4, -0.2) is 50.6 Å². The first kappa shape index (κ1) is 23.7. The number of hydrogen-bond acceptors (Lipinski definition) is 8. The fourth-order valence-corrected chi connectivity index (χ4v) is 4.52. The molecule has 34 heavy (non-hydrogen) atoms. The minimum absolute atomic E-state index is 0.133. The number of rotatable bonds is 7. The van der Waals surface area contributed by atoms with Crippen LogP contribution in [0, 0.1) is 6.92 Å². The number of nitrogens with zero attached hydrogens (tertiary/aromatic N) is 6. The van der Waals surface area contributed by atoms with Gasteiger partial charge in [0.1, 0.15) is 24.2 Å². The van der Waals surface area contributed by atoms with Crippen molar-refractivity contribution in [3.05, 3.63) is 64.5 Å². The summed E-state index contributed by atoms with van der Waals surface area (Å²) < 4.78 is 31.9. The van der Waals surface area contributed by atoms with Crippen molar-refractivity contribution in [2.45, 2.75) is 32.9 Å². The van der Waals surface area contributed by atoms with E-state index >= 15 is 0 Å². The standard InChI is InChI=1S/C22H25N7O4S/c1-13(2)28-12-25-27-21(28)17-6-5-7-20(26-17)29-11-24-18-8-14(3)15(9-16(18)22(29)30)19(33-4)10-34(23,31)32/h5-9,11-13,19H,10H2,1-4H3,(H2,23,31,32). The maximum Gasteiger partial charge on any atom is 0.266 e. The van der Waals surface area contributed by atoms with Crippen LogP contribution in [0.3, 0.4) is 0 Å². The van der Waals surface area contributed by atoms with E-state index in [1.807, 2.05) is 18.4 Å². The average molecular weight is 484 g/mol. The first-order valence-corrected chi connectivity index (χ1v) is 12.2. The maximum atomic E-state index is 13.4.